The van der Waals surface area contributed by atoms with Gasteiger partial charge in [0.25, 0.3) is 0 Å². The molecule has 0 saturated carbocycles. The first kappa shape index (κ1) is 15.5. The lowest BCUT2D eigenvalue weighted by molar-refractivity contribution is 0.0338. The standard InChI is InChI=1S/C17H28N2O/c1-4-17(16-7-5-14(2)6-8-16)18-15(3)13-19-9-11-20-12-10-19/h5-8,15,17-18H,4,9-13H2,1-3H3. The molecule has 2 atom stereocenters. The van der Waals surface area contributed by atoms with Crippen molar-refractivity contribution in [2.75, 3.05) is 32.8 Å². The van der Waals surface area contributed by atoms with Crippen molar-refractivity contribution in [3.8, 4) is 0 Å². The van der Waals surface area contributed by atoms with Gasteiger partial charge >= 0.3 is 0 Å². The number of ether oxygens (including phenoxy) is 1. The number of aryl methyl sites for hydroxylation is 1. The number of hydrogen-bond donors (Lipinski definition) is 1. The molecule has 0 spiro atoms. The van der Waals surface area contributed by atoms with Gasteiger partial charge in [-0.3, -0.25) is 4.90 Å². The molecule has 20 heavy (non-hydrogen) atoms. The van der Waals surface area contributed by atoms with Gasteiger partial charge in [0.2, 0.25) is 0 Å². The predicted octanol–water partition coefficient (Wildman–Crippen LogP) is 2.76. The third-order valence-electron chi connectivity index (χ3n) is 4.01. The monoisotopic (exact) mass is 276 g/mol. The van der Waals surface area contributed by atoms with Crippen LogP contribution >= 0.6 is 0 Å². The molecule has 1 N–H and O–H groups in total. The summed E-state index contributed by atoms with van der Waals surface area (Å²) in [6.07, 6.45) is 1.12. The third kappa shape index (κ3) is 4.58. The van der Waals surface area contributed by atoms with Crippen molar-refractivity contribution in [1.82, 2.24) is 10.2 Å². The van der Waals surface area contributed by atoms with Gasteiger partial charge in [0.1, 0.15) is 0 Å². The first-order chi connectivity index (χ1) is 9.69. The highest BCUT2D eigenvalue weighted by atomic mass is 16.5. The summed E-state index contributed by atoms with van der Waals surface area (Å²) in [6, 6.07) is 9.85. The second-order valence-corrected chi connectivity index (χ2v) is 5.85. The molecule has 0 aromatic heterocycles. The quantitative estimate of drug-likeness (QED) is 0.864. The summed E-state index contributed by atoms with van der Waals surface area (Å²) in [4.78, 5) is 2.49. The molecule has 1 aliphatic heterocycles. The lowest BCUT2D eigenvalue weighted by Crippen LogP contribution is -2.45. The zero-order chi connectivity index (χ0) is 14.4. The molecule has 112 valence electrons. The molecule has 1 fully saturated rings. The normalized spacial score (nSPS) is 19.8. The highest BCUT2D eigenvalue weighted by Crippen LogP contribution is 2.18. The number of morpholine rings is 1. The minimum Gasteiger partial charge on any atom is -0.379 e. The minimum absolute atomic E-state index is 0.451. The van der Waals surface area contributed by atoms with Gasteiger partial charge < -0.3 is 10.1 Å². The molecule has 1 saturated heterocycles. The SMILES string of the molecule is CCC(NC(C)CN1CCOCC1)c1ccc(C)cc1. The van der Waals surface area contributed by atoms with Crippen molar-refractivity contribution in [2.24, 2.45) is 0 Å². The maximum atomic E-state index is 5.40. The topological polar surface area (TPSA) is 24.5 Å². The van der Waals surface area contributed by atoms with Crippen LogP contribution in [-0.4, -0.2) is 43.8 Å². The zero-order valence-electron chi connectivity index (χ0n) is 13.1. The molecule has 1 aromatic rings. The average molecular weight is 276 g/mol. The van der Waals surface area contributed by atoms with E-state index in [0.29, 0.717) is 12.1 Å². The minimum atomic E-state index is 0.451. The summed E-state index contributed by atoms with van der Waals surface area (Å²) in [6.45, 7) is 11.7. The first-order valence-electron chi connectivity index (χ1n) is 7.81. The Morgan fingerprint density at radius 1 is 1.20 bits per heavy atom. The van der Waals surface area contributed by atoms with E-state index < -0.39 is 0 Å². The van der Waals surface area contributed by atoms with Gasteiger partial charge in [-0.1, -0.05) is 36.8 Å². The van der Waals surface area contributed by atoms with Crippen LogP contribution in [0.1, 0.15) is 37.4 Å². The van der Waals surface area contributed by atoms with Crippen LogP contribution in [-0.2, 0) is 4.74 Å². The highest BCUT2D eigenvalue weighted by molar-refractivity contribution is 5.24. The van der Waals surface area contributed by atoms with E-state index in [1.807, 2.05) is 0 Å². The van der Waals surface area contributed by atoms with Crippen LogP contribution in [0.3, 0.4) is 0 Å². The van der Waals surface area contributed by atoms with E-state index in [-0.39, 0.29) is 0 Å². The molecule has 2 rings (SSSR count). The van der Waals surface area contributed by atoms with Crippen LogP contribution in [0, 0.1) is 6.92 Å². The van der Waals surface area contributed by atoms with Crippen LogP contribution in [0.25, 0.3) is 0 Å². The van der Waals surface area contributed by atoms with Gasteiger partial charge in [0.15, 0.2) is 0 Å². The van der Waals surface area contributed by atoms with Crippen LogP contribution in [0.5, 0.6) is 0 Å². The second kappa shape index (κ2) is 7.77. The van der Waals surface area contributed by atoms with Crippen LogP contribution in [0.15, 0.2) is 24.3 Å². The van der Waals surface area contributed by atoms with Crippen molar-refractivity contribution in [3.63, 3.8) is 0 Å². The first-order valence-corrected chi connectivity index (χ1v) is 7.81. The van der Waals surface area contributed by atoms with Gasteiger partial charge in [-0.25, -0.2) is 0 Å². The maximum absolute atomic E-state index is 5.40. The van der Waals surface area contributed by atoms with E-state index in [2.05, 4.69) is 55.3 Å². The summed E-state index contributed by atoms with van der Waals surface area (Å²) >= 11 is 0. The Morgan fingerprint density at radius 3 is 2.45 bits per heavy atom. The Bertz CT molecular complexity index is 384. The predicted molar refractivity (Wildman–Crippen MR) is 84.1 cm³/mol. The molecule has 0 aliphatic carbocycles. The molecular weight excluding hydrogens is 248 g/mol. The number of benzene rings is 1. The summed E-state index contributed by atoms with van der Waals surface area (Å²) in [5, 5.41) is 3.77. The van der Waals surface area contributed by atoms with Crippen LogP contribution < -0.4 is 5.32 Å². The number of rotatable bonds is 6. The van der Waals surface area contributed by atoms with E-state index >= 15 is 0 Å². The molecule has 3 heteroatoms. The van der Waals surface area contributed by atoms with Crippen LogP contribution in [0.4, 0.5) is 0 Å². The molecule has 1 aliphatic rings. The Kier molecular flexibility index (Phi) is 6.02. The van der Waals surface area contributed by atoms with E-state index in [9.17, 15) is 0 Å². The summed E-state index contributed by atoms with van der Waals surface area (Å²) in [5.41, 5.74) is 2.72. The summed E-state index contributed by atoms with van der Waals surface area (Å²) < 4.78 is 5.40. The molecule has 2 unspecified atom stereocenters. The molecule has 1 aromatic carbocycles. The fourth-order valence-corrected chi connectivity index (χ4v) is 2.82. The average Bonchev–Trinajstić information content (AvgIpc) is 2.47. The van der Waals surface area contributed by atoms with Crippen molar-refractivity contribution in [2.45, 2.75) is 39.3 Å². The Labute approximate surface area is 123 Å². The van der Waals surface area contributed by atoms with E-state index in [4.69, 9.17) is 4.74 Å². The molecule has 0 radical (unpaired) electrons. The smallest absolute Gasteiger partial charge is 0.0594 e. The lowest BCUT2D eigenvalue weighted by Gasteiger charge is -2.31. The fourth-order valence-electron chi connectivity index (χ4n) is 2.82. The lowest BCUT2D eigenvalue weighted by atomic mass is 10.0. The summed E-state index contributed by atoms with van der Waals surface area (Å²) in [7, 11) is 0. The maximum Gasteiger partial charge on any atom is 0.0594 e. The van der Waals surface area contributed by atoms with Gasteiger partial charge in [-0.05, 0) is 25.8 Å². The van der Waals surface area contributed by atoms with Crippen molar-refractivity contribution < 1.29 is 4.74 Å². The Hall–Kier alpha value is -0.900. The molecule has 1 heterocycles. The summed E-state index contributed by atoms with van der Waals surface area (Å²) in [5.74, 6) is 0. The Balaban J connectivity index is 1.86. The van der Waals surface area contributed by atoms with Crippen molar-refractivity contribution >= 4 is 0 Å². The molecule has 3 nitrogen and oxygen atoms in total. The van der Waals surface area contributed by atoms with Gasteiger partial charge in [0.05, 0.1) is 13.2 Å². The number of nitrogens with one attached hydrogen (secondary N) is 1. The zero-order valence-corrected chi connectivity index (χ0v) is 13.1. The van der Waals surface area contributed by atoms with E-state index in [1.54, 1.807) is 0 Å². The fraction of sp³-hybridized carbons (Fsp3) is 0.647. The van der Waals surface area contributed by atoms with E-state index in [1.165, 1.54) is 11.1 Å². The van der Waals surface area contributed by atoms with Crippen molar-refractivity contribution in [1.29, 1.82) is 0 Å². The molecular formula is C17H28N2O. The molecule has 0 amide bonds. The second-order valence-electron chi connectivity index (χ2n) is 5.85. The highest BCUT2D eigenvalue weighted by Gasteiger charge is 2.16. The third-order valence-corrected chi connectivity index (χ3v) is 4.01. The largest absolute Gasteiger partial charge is 0.379 e. The Morgan fingerprint density at radius 2 is 1.85 bits per heavy atom. The van der Waals surface area contributed by atoms with E-state index in [0.717, 1.165) is 39.3 Å². The van der Waals surface area contributed by atoms with Crippen molar-refractivity contribution in [3.05, 3.63) is 35.4 Å². The van der Waals surface area contributed by atoms with Gasteiger partial charge in [-0.2, -0.15) is 0 Å². The molecule has 0 bridgehead atoms. The van der Waals surface area contributed by atoms with Crippen LogP contribution in [0.2, 0.25) is 0 Å². The number of hydrogen-bond acceptors (Lipinski definition) is 3. The number of nitrogens with zero attached hydrogens (tertiary/aromatic N) is 1. The van der Waals surface area contributed by atoms with Gasteiger partial charge in [0, 0.05) is 31.7 Å². The van der Waals surface area contributed by atoms with Gasteiger partial charge in [-0.15, -0.1) is 0 Å².